The number of nitrogens with one attached hydrogen (secondary N) is 2. The van der Waals surface area contributed by atoms with Crippen molar-refractivity contribution in [2.24, 2.45) is 0 Å². The zero-order valence-corrected chi connectivity index (χ0v) is 13.8. The second-order valence-corrected chi connectivity index (χ2v) is 5.55. The van der Waals surface area contributed by atoms with Gasteiger partial charge >= 0.3 is 0 Å². The van der Waals surface area contributed by atoms with Crippen LogP contribution in [0.2, 0.25) is 0 Å². The Morgan fingerprint density at radius 3 is 2.31 bits per heavy atom. The molecule has 3 rings (SSSR count). The van der Waals surface area contributed by atoms with Crippen LogP contribution in [0.25, 0.3) is 0 Å². The van der Waals surface area contributed by atoms with Crippen LogP contribution < -0.4 is 10.6 Å². The summed E-state index contributed by atoms with van der Waals surface area (Å²) in [5.41, 5.74) is 1.62. The van der Waals surface area contributed by atoms with Gasteiger partial charge < -0.3 is 10.6 Å². The number of anilines is 1. The van der Waals surface area contributed by atoms with Crippen molar-refractivity contribution in [1.29, 1.82) is 0 Å². The van der Waals surface area contributed by atoms with Crippen LogP contribution in [-0.2, 0) is 6.54 Å². The minimum atomic E-state index is -0.521. The molecule has 0 unspecified atom stereocenters. The van der Waals surface area contributed by atoms with Gasteiger partial charge in [0.05, 0.1) is 5.69 Å². The second kappa shape index (κ2) is 8.02. The Kier molecular flexibility index (Phi) is 5.34. The molecule has 5 nitrogen and oxygen atoms in total. The summed E-state index contributed by atoms with van der Waals surface area (Å²) in [5, 5.41) is 5.28. The summed E-state index contributed by atoms with van der Waals surface area (Å²) in [6, 6.07) is 15.8. The maximum Gasteiger partial charge on any atom is 0.255 e. The molecule has 1 heterocycles. The average molecular weight is 349 g/mol. The topological polar surface area (TPSA) is 71.1 Å². The van der Waals surface area contributed by atoms with Crippen LogP contribution in [0.3, 0.4) is 0 Å². The third-order valence-corrected chi connectivity index (χ3v) is 3.71. The quantitative estimate of drug-likeness (QED) is 0.742. The lowest BCUT2D eigenvalue weighted by Crippen LogP contribution is -2.23. The molecule has 2 amide bonds. The average Bonchev–Trinajstić information content (AvgIpc) is 2.69. The van der Waals surface area contributed by atoms with Crippen molar-refractivity contribution < 1.29 is 14.0 Å². The van der Waals surface area contributed by atoms with Gasteiger partial charge in [-0.15, -0.1) is 0 Å². The van der Waals surface area contributed by atoms with Gasteiger partial charge in [0.1, 0.15) is 5.82 Å². The van der Waals surface area contributed by atoms with Crippen LogP contribution in [0.5, 0.6) is 0 Å². The molecule has 0 spiro atoms. The van der Waals surface area contributed by atoms with Crippen LogP contribution in [0.4, 0.5) is 10.1 Å². The lowest BCUT2D eigenvalue weighted by atomic mass is 10.1. The Labute approximate surface area is 149 Å². The van der Waals surface area contributed by atoms with E-state index in [2.05, 4.69) is 15.6 Å². The SMILES string of the molecule is O=C(NCc1ccncc1)c1cccc(C(=O)Nc2ccccc2F)c1. The maximum atomic E-state index is 13.7. The largest absolute Gasteiger partial charge is 0.348 e. The fourth-order valence-electron chi connectivity index (χ4n) is 2.34. The molecule has 2 N–H and O–H groups in total. The third-order valence-electron chi connectivity index (χ3n) is 3.71. The molecular formula is C20H16FN3O2. The molecule has 1 aromatic heterocycles. The van der Waals surface area contributed by atoms with E-state index in [-0.39, 0.29) is 17.2 Å². The third kappa shape index (κ3) is 4.30. The molecule has 2 aromatic carbocycles. The van der Waals surface area contributed by atoms with Crippen molar-refractivity contribution in [2.45, 2.75) is 6.54 Å². The molecule has 0 aliphatic carbocycles. The van der Waals surface area contributed by atoms with E-state index in [1.54, 1.807) is 54.9 Å². The van der Waals surface area contributed by atoms with Crippen molar-refractivity contribution in [1.82, 2.24) is 10.3 Å². The molecule has 0 bridgehead atoms. The van der Waals surface area contributed by atoms with Gasteiger partial charge in [-0.3, -0.25) is 14.6 Å². The van der Waals surface area contributed by atoms with Gasteiger partial charge in [0.25, 0.3) is 11.8 Å². The smallest absolute Gasteiger partial charge is 0.255 e. The highest BCUT2D eigenvalue weighted by atomic mass is 19.1. The number of rotatable bonds is 5. The van der Waals surface area contributed by atoms with Crippen molar-refractivity contribution >= 4 is 17.5 Å². The Morgan fingerprint density at radius 1 is 0.885 bits per heavy atom. The summed E-state index contributed by atoms with van der Waals surface area (Å²) in [5.74, 6) is -1.31. The first-order chi connectivity index (χ1) is 12.6. The molecule has 130 valence electrons. The number of benzene rings is 2. The van der Waals surface area contributed by atoms with Gasteiger partial charge in [0.2, 0.25) is 0 Å². The van der Waals surface area contributed by atoms with Gasteiger partial charge in [-0.05, 0) is 48.0 Å². The monoisotopic (exact) mass is 349 g/mol. The van der Waals surface area contributed by atoms with Crippen molar-refractivity contribution in [3.05, 3.63) is 95.6 Å². The van der Waals surface area contributed by atoms with Crippen LogP contribution in [0, 0.1) is 5.82 Å². The summed E-state index contributed by atoms with van der Waals surface area (Å²) < 4.78 is 13.7. The zero-order valence-electron chi connectivity index (χ0n) is 13.8. The van der Waals surface area contributed by atoms with Crippen LogP contribution in [0.1, 0.15) is 26.3 Å². The number of pyridine rings is 1. The number of aromatic nitrogens is 1. The Hall–Kier alpha value is -3.54. The lowest BCUT2D eigenvalue weighted by molar-refractivity contribution is 0.0951. The number of carbonyl (C=O) groups is 2. The van der Waals surface area contributed by atoms with E-state index >= 15 is 0 Å². The van der Waals surface area contributed by atoms with Gasteiger partial charge in [-0.1, -0.05) is 18.2 Å². The minimum Gasteiger partial charge on any atom is -0.348 e. The summed E-state index contributed by atoms with van der Waals surface area (Å²) in [4.78, 5) is 28.5. The van der Waals surface area contributed by atoms with E-state index in [1.807, 2.05) is 0 Å². The van der Waals surface area contributed by atoms with E-state index in [0.29, 0.717) is 12.1 Å². The number of para-hydroxylation sites is 1. The highest BCUT2D eigenvalue weighted by Crippen LogP contribution is 2.14. The minimum absolute atomic E-state index is 0.0880. The molecule has 3 aromatic rings. The summed E-state index contributed by atoms with van der Waals surface area (Å²) in [7, 11) is 0. The highest BCUT2D eigenvalue weighted by molar-refractivity contribution is 6.06. The van der Waals surface area contributed by atoms with Gasteiger partial charge in [0.15, 0.2) is 0 Å². The van der Waals surface area contributed by atoms with Gasteiger partial charge in [-0.25, -0.2) is 4.39 Å². The molecule has 0 saturated carbocycles. The highest BCUT2D eigenvalue weighted by Gasteiger charge is 2.12. The first kappa shape index (κ1) is 17.3. The van der Waals surface area contributed by atoms with Gasteiger partial charge in [-0.2, -0.15) is 0 Å². The number of hydrogen-bond acceptors (Lipinski definition) is 3. The Morgan fingerprint density at radius 2 is 1.58 bits per heavy atom. The molecular weight excluding hydrogens is 333 g/mol. The predicted octanol–water partition coefficient (Wildman–Crippen LogP) is 3.40. The fraction of sp³-hybridized carbons (Fsp3) is 0.0500. The number of amides is 2. The summed E-state index contributed by atoms with van der Waals surface area (Å²) >= 11 is 0. The molecule has 0 aliphatic heterocycles. The van der Waals surface area contributed by atoms with Crippen molar-refractivity contribution in [3.63, 3.8) is 0 Å². The standard InChI is InChI=1S/C20H16FN3O2/c21-17-6-1-2-7-18(17)24-20(26)16-5-3-4-15(12-16)19(25)23-13-14-8-10-22-11-9-14/h1-12H,13H2,(H,23,25)(H,24,26). The van der Waals surface area contributed by atoms with Crippen molar-refractivity contribution in [3.8, 4) is 0 Å². The van der Waals surface area contributed by atoms with E-state index in [1.165, 1.54) is 18.2 Å². The van der Waals surface area contributed by atoms with Crippen LogP contribution in [-0.4, -0.2) is 16.8 Å². The molecule has 0 radical (unpaired) electrons. The van der Waals surface area contributed by atoms with Gasteiger partial charge in [0, 0.05) is 30.1 Å². The maximum absolute atomic E-state index is 13.7. The fourth-order valence-corrected chi connectivity index (χ4v) is 2.34. The first-order valence-electron chi connectivity index (χ1n) is 7.96. The summed E-state index contributed by atoms with van der Waals surface area (Å²) in [6.45, 7) is 0.354. The zero-order chi connectivity index (χ0) is 18.4. The normalized spacial score (nSPS) is 10.2. The van der Waals surface area contributed by atoms with Crippen LogP contribution in [0.15, 0.2) is 73.1 Å². The number of halogens is 1. The van der Waals surface area contributed by atoms with E-state index in [0.717, 1.165) is 5.56 Å². The van der Waals surface area contributed by atoms with E-state index < -0.39 is 11.7 Å². The molecule has 0 fully saturated rings. The molecule has 0 saturated heterocycles. The molecule has 6 heteroatoms. The number of carbonyl (C=O) groups excluding carboxylic acids is 2. The molecule has 0 aliphatic rings. The van der Waals surface area contributed by atoms with Crippen LogP contribution >= 0.6 is 0 Å². The number of nitrogens with zero attached hydrogens (tertiary/aromatic N) is 1. The number of hydrogen-bond donors (Lipinski definition) is 2. The lowest BCUT2D eigenvalue weighted by Gasteiger charge is -2.08. The Balaban J connectivity index is 1.68. The van der Waals surface area contributed by atoms with Crippen molar-refractivity contribution in [2.75, 3.05) is 5.32 Å². The van der Waals surface area contributed by atoms with E-state index in [9.17, 15) is 14.0 Å². The Bertz CT molecular complexity index is 929. The van der Waals surface area contributed by atoms with E-state index in [4.69, 9.17) is 0 Å². The summed E-state index contributed by atoms with van der Waals surface area (Å²) in [6.07, 6.45) is 3.30. The second-order valence-electron chi connectivity index (χ2n) is 5.55. The molecule has 26 heavy (non-hydrogen) atoms. The predicted molar refractivity (Wildman–Crippen MR) is 96.2 cm³/mol. The molecule has 0 atom stereocenters. The first-order valence-corrected chi connectivity index (χ1v) is 7.96.